The van der Waals surface area contributed by atoms with Crippen molar-refractivity contribution in [2.45, 2.75) is 38.6 Å². The third-order valence-electron chi connectivity index (χ3n) is 4.17. The Labute approximate surface area is 141 Å². The summed E-state index contributed by atoms with van der Waals surface area (Å²) in [4.78, 5) is 17.8. The molecular weight excluding hydrogens is 306 g/mol. The van der Waals surface area contributed by atoms with Gasteiger partial charge in [0, 0.05) is 35.7 Å². The number of nitrogens with zero attached hydrogens (tertiary/aromatic N) is 1. The molecule has 0 unspecified atom stereocenters. The molecule has 0 saturated heterocycles. The topological polar surface area (TPSA) is 54.0 Å². The van der Waals surface area contributed by atoms with Crippen molar-refractivity contribution >= 4 is 17.2 Å². The summed E-state index contributed by atoms with van der Waals surface area (Å²) < 4.78 is 0. The van der Waals surface area contributed by atoms with Gasteiger partial charge in [0.2, 0.25) is 0 Å². The summed E-state index contributed by atoms with van der Waals surface area (Å²) >= 11 is 1.75. The fourth-order valence-electron chi connectivity index (χ4n) is 2.93. The zero-order valence-corrected chi connectivity index (χ0v) is 14.1. The minimum atomic E-state index is 0.0941. The van der Waals surface area contributed by atoms with Gasteiger partial charge in [0.15, 0.2) is 0 Å². The first-order valence-electron chi connectivity index (χ1n) is 8.31. The summed E-state index contributed by atoms with van der Waals surface area (Å²) in [7, 11) is 0. The van der Waals surface area contributed by atoms with E-state index in [1.807, 2.05) is 17.6 Å². The maximum atomic E-state index is 12.3. The summed E-state index contributed by atoms with van der Waals surface area (Å²) in [6, 6.07) is 4.00. The Morgan fingerprint density at radius 1 is 1.26 bits per heavy atom. The molecule has 5 heteroatoms. The highest BCUT2D eigenvalue weighted by molar-refractivity contribution is 7.10. The van der Waals surface area contributed by atoms with Crippen molar-refractivity contribution in [3.8, 4) is 0 Å². The zero-order chi connectivity index (χ0) is 15.9. The lowest BCUT2D eigenvalue weighted by Crippen LogP contribution is -2.27. The average Bonchev–Trinajstić information content (AvgIpc) is 3.03. The SMILES string of the molecule is O=C(NCCCNCc1cccnc1)c1csc2c1CCCC2. The number of hydrogen-bond acceptors (Lipinski definition) is 4. The summed E-state index contributed by atoms with van der Waals surface area (Å²) in [5.74, 6) is 0.0941. The van der Waals surface area contributed by atoms with Gasteiger partial charge in [-0.3, -0.25) is 9.78 Å². The summed E-state index contributed by atoms with van der Waals surface area (Å²) in [5, 5.41) is 8.45. The average molecular weight is 329 g/mol. The fourth-order valence-corrected chi connectivity index (χ4v) is 4.06. The second kappa shape index (κ2) is 8.22. The minimum absolute atomic E-state index is 0.0941. The largest absolute Gasteiger partial charge is 0.352 e. The molecule has 3 rings (SSSR count). The van der Waals surface area contributed by atoms with Crippen LogP contribution in [0.2, 0.25) is 0 Å². The fraction of sp³-hybridized carbons (Fsp3) is 0.444. The van der Waals surface area contributed by atoms with Crippen molar-refractivity contribution in [3.63, 3.8) is 0 Å². The van der Waals surface area contributed by atoms with Crippen molar-refractivity contribution in [2.24, 2.45) is 0 Å². The first-order valence-corrected chi connectivity index (χ1v) is 9.19. The standard InChI is InChI=1S/C18H23N3OS/c22-18(16-13-23-17-7-2-1-6-15(16)17)21-10-4-9-20-12-14-5-3-8-19-11-14/h3,5,8,11,13,20H,1-2,4,6-7,9-10,12H2,(H,21,22). The zero-order valence-electron chi connectivity index (χ0n) is 13.3. The van der Waals surface area contributed by atoms with Crippen LogP contribution in [-0.4, -0.2) is 24.0 Å². The van der Waals surface area contributed by atoms with Crippen molar-refractivity contribution in [2.75, 3.05) is 13.1 Å². The predicted octanol–water partition coefficient (Wildman–Crippen LogP) is 2.93. The van der Waals surface area contributed by atoms with Gasteiger partial charge in [0.25, 0.3) is 5.91 Å². The highest BCUT2D eigenvalue weighted by Gasteiger charge is 2.19. The number of thiophene rings is 1. The first kappa shape index (κ1) is 16.1. The molecule has 122 valence electrons. The molecule has 0 saturated carbocycles. The lowest BCUT2D eigenvalue weighted by atomic mass is 9.96. The molecule has 0 spiro atoms. The maximum absolute atomic E-state index is 12.3. The maximum Gasteiger partial charge on any atom is 0.252 e. The van der Waals surface area contributed by atoms with Gasteiger partial charge in [-0.05, 0) is 55.8 Å². The van der Waals surface area contributed by atoms with E-state index in [1.54, 1.807) is 17.5 Å². The number of aryl methyl sites for hydroxylation is 1. The Hall–Kier alpha value is -1.72. The lowest BCUT2D eigenvalue weighted by Gasteiger charge is -2.12. The molecule has 23 heavy (non-hydrogen) atoms. The molecule has 2 heterocycles. The lowest BCUT2D eigenvalue weighted by molar-refractivity contribution is 0.0952. The second-order valence-corrected chi connectivity index (χ2v) is 6.87. The number of carbonyl (C=O) groups excluding carboxylic acids is 1. The highest BCUT2D eigenvalue weighted by atomic mass is 32.1. The number of hydrogen-bond donors (Lipinski definition) is 2. The number of pyridine rings is 1. The number of aromatic nitrogens is 1. The van der Waals surface area contributed by atoms with Crippen LogP contribution in [0.1, 0.15) is 45.6 Å². The molecule has 0 bridgehead atoms. The first-order chi connectivity index (χ1) is 11.3. The van der Waals surface area contributed by atoms with Crippen molar-refractivity contribution in [3.05, 3.63) is 51.5 Å². The van der Waals surface area contributed by atoms with E-state index in [9.17, 15) is 4.79 Å². The number of fused-ring (bicyclic) bond motifs is 1. The molecule has 4 nitrogen and oxygen atoms in total. The third kappa shape index (κ3) is 4.39. The normalized spacial score (nSPS) is 13.6. The summed E-state index contributed by atoms with van der Waals surface area (Å²) in [6.07, 6.45) is 9.26. The minimum Gasteiger partial charge on any atom is -0.352 e. The predicted molar refractivity (Wildman–Crippen MR) is 93.9 cm³/mol. The molecule has 2 N–H and O–H groups in total. The number of rotatable bonds is 7. The van der Waals surface area contributed by atoms with E-state index in [1.165, 1.54) is 28.8 Å². The molecule has 0 atom stereocenters. The van der Waals surface area contributed by atoms with Crippen LogP contribution in [-0.2, 0) is 19.4 Å². The van der Waals surface area contributed by atoms with Crippen LogP contribution >= 0.6 is 11.3 Å². The Kier molecular flexibility index (Phi) is 5.77. The molecule has 2 aromatic heterocycles. The molecule has 1 amide bonds. The highest BCUT2D eigenvalue weighted by Crippen LogP contribution is 2.30. The molecule has 0 fully saturated rings. The summed E-state index contributed by atoms with van der Waals surface area (Å²) in [6.45, 7) is 2.42. The Balaban J connectivity index is 1.36. The smallest absolute Gasteiger partial charge is 0.252 e. The van der Waals surface area contributed by atoms with Crippen molar-refractivity contribution in [1.29, 1.82) is 0 Å². The van der Waals surface area contributed by atoms with Gasteiger partial charge in [0.05, 0.1) is 5.56 Å². The molecule has 0 radical (unpaired) electrons. The molecule has 1 aliphatic rings. The van der Waals surface area contributed by atoms with E-state index in [2.05, 4.69) is 21.7 Å². The third-order valence-corrected chi connectivity index (χ3v) is 5.26. The van der Waals surface area contributed by atoms with Crippen LogP contribution in [0, 0.1) is 0 Å². The van der Waals surface area contributed by atoms with Crippen LogP contribution in [0.15, 0.2) is 29.9 Å². The number of carbonyl (C=O) groups is 1. The van der Waals surface area contributed by atoms with Gasteiger partial charge < -0.3 is 10.6 Å². The number of nitrogens with one attached hydrogen (secondary N) is 2. The van der Waals surface area contributed by atoms with E-state index in [0.29, 0.717) is 6.54 Å². The quantitative estimate of drug-likeness (QED) is 0.768. The van der Waals surface area contributed by atoms with Crippen molar-refractivity contribution < 1.29 is 4.79 Å². The molecule has 1 aliphatic carbocycles. The second-order valence-electron chi connectivity index (χ2n) is 5.91. The van der Waals surface area contributed by atoms with Gasteiger partial charge in [-0.25, -0.2) is 0 Å². The molecule has 2 aromatic rings. The number of amides is 1. The monoisotopic (exact) mass is 329 g/mol. The Morgan fingerprint density at radius 2 is 2.17 bits per heavy atom. The van der Waals surface area contributed by atoms with E-state index in [0.717, 1.165) is 37.9 Å². The van der Waals surface area contributed by atoms with E-state index < -0.39 is 0 Å². The van der Waals surface area contributed by atoms with Gasteiger partial charge in [-0.1, -0.05) is 6.07 Å². The van der Waals surface area contributed by atoms with Crippen LogP contribution < -0.4 is 10.6 Å². The molecular formula is C18H23N3OS. The van der Waals surface area contributed by atoms with Gasteiger partial charge in [-0.15, -0.1) is 11.3 Å². The van der Waals surface area contributed by atoms with E-state index >= 15 is 0 Å². The van der Waals surface area contributed by atoms with Gasteiger partial charge in [-0.2, -0.15) is 0 Å². The van der Waals surface area contributed by atoms with Crippen LogP contribution in [0.5, 0.6) is 0 Å². The van der Waals surface area contributed by atoms with Gasteiger partial charge in [0.1, 0.15) is 0 Å². The molecule has 0 aromatic carbocycles. The van der Waals surface area contributed by atoms with E-state index in [-0.39, 0.29) is 5.91 Å². The van der Waals surface area contributed by atoms with Gasteiger partial charge >= 0.3 is 0 Å². The van der Waals surface area contributed by atoms with E-state index in [4.69, 9.17) is 0 Å². The van der Waals surface area contributed by atoms with Crippen LogP contribution in [0.25, 0.3) is 0 Å². The van der Waals surface area contributed by atoms with Crippen LogP contribution in [0.3, 0.4) is 0 Å². The summed E-state index contributed by atoms with van der Waals surface area (Å²) in [5.41, 5.74) is 3.39. The van der Waals surface area contributed by atoms with Crippen molar-refractivity contribution in [1.82, 2.24) is 15.6 Å². The van der Waals surface area contributed by atoms with Crippen LogP contribution in [0.4, 0.5) is 0 Å². The Morgan fingerprint density at radius 3 is 3.04 bits per heavy atom. The molecule has 0 aliphatic heterocycles. The Bertz CT molecular complexity index is 639.